The van der Waals surface area contributed by atoms with Crippen LogP contribution in [0.1, 0.15) is 33.1 Å². The van der Waals surface area contributed by atoms with Crippen molar-refractivity contribution in [1.29, 1.82) is 0 Å². The Morgan fingerprint density at radius 2 is 2.15 bits per heavy atom. The van der Waals surface area contributed by atoms with E-state index in [2.05, 4.69) is 20.4 Å². The van der Waals surface area contributed by atoms with Crippen molar-refractivity contribution in [1.82, 2.24) is 0 Å². The van der Waals surface area contributed by atoms with E-state index in [0.717, 1.165) is 12.3 Å². The Balaban J connectivity index is 3.08. The van der Waals surface area contributed by atoms with Crippen molar-refractivity contribution in [3.05, 3.63) is 12.7 Å². The summed E-state index contributed by atoms with van der Waals surface area (Å²) < 4.78 is 5.15. The zero-order valence-corrected chi connectivity index (χ0v) is 8.71. The quantitative estimate of drug-likeness (QED) is 0.428. The first-order valence-electron chi connectivity index (χ1n) is 4.89. The lowest BCUT2D eigenvalue weighted by Crippen LogP contribution is -2.06. The van der Waals surface area contributed by atoms with E-state index in [-0.39, 0.29) is 12.4 Å². The van der Waals surface area contributed by atoms with Crippen LogP contribution in [0.3, 0.4) is 0 Å². The average molecular weight is 184 g/mol. The van der Waals surface area contributed by atoms with Gasteiger partial charge in [-0.05, 0) is 18.4 Å². The third kappa shape index (κ3) is 9.28. The van der Waals surface area contributed by atoms with E-state index < -0.39 is 0 Å². The molecular formula is C11H20O2. The van der Waals surface area contributed by atoms with E-state index in [1.165, 1.54) is 18.9 Å². The predicted octanol–water partition coefficient (Wildman–Crippen LogP) is 2.58. The second-order valence-corrected chi connectivity index (χ2v) is 3.61. The molecule has 13 heavy (non-hydrogen) atoms. The Bertz CT molecular complexity index is 150. The fourth-order valence-corrected chi connectivity index (χ4v) is 0.988. The Labute approximate surface area is 81.0 Å². The first kappa shape index (κ1) is 12.4. The van der Waals surface area contributed by atoms with Crippen LogP contribution < -0.4 is 0 Å². The maximum Gasteiger partial charge on any atom is 0.180 e. The molecule has 0 fully saturated rings. The molecule has 0 spiro atoms. The molecule has 0 aromatic rings. The minimum Gasteiger partial charge on any atom is -0.373 e. The molecule has 0 N–H and O–H groups in total. The van der Waals surface area contributed by atoms with Crippen LogP contribution in [0.4, 0.5) is 0 Å². The molecule has 76 valence electrons. The van der Waals surface area contributed by atoms with Gasteiger partial charge in [-0.25, -0.2) is 0 Å². The van der Waals surface area contributed by atoms with Gasteiger partial charge in [0.05, 0.1) is 0 Å². The summed E-state index contributed by atoms with van der Waals surface area (Å²) in [6.45, 7) is 8.66. The van der Waals surface area contributed by atoms with E-state index in [4.69, 9.17) is 4.74 Å². The number of rotatable bonds is 8. The molecule has 0 saturated carbocycles. The van der Waals surface area contributed by atoms with E-state index in [1.54, 1.807) is 0 Å². The Kier molecular flexibility index (Phi) is 7.60. The number of unbranched alkanes of at least 4 members (excludes halogenated alkanes) is 1. The molecule has 0 aliphatic heterocycles. The van der Waals surface area contributed by atoms with Gasteiger partial charge >= 0.3 is 0 Å². The van der Waals surface area contributed by atoms with Crippen molar-refractivity contribution in [3.8, 4) is 0 Å². The topological polar surface area (TPSA) is 26.3 Å². The summed E-state index contributed by atoms with van der Waals surface area (Å²) in [7, 11) is 0. The number of carbonyl (C=O) groups is 1. The van der Waals surface area contributed by atoms with Crippen molar-refractivity contribution in [2.45, 2.75) is 33.1 Å². The van der Waals surface area contributed by atoms with Gasteiger partial charge < -0.3 is 4.74 Å². The summed E-state index contributed by atoms with van der Waals surface area (Å²) in [5.41, 5.74) is 0. The maximum absolute atomic E-state index is 10.7. The summed E-state index contributed by atoms with van der Waals surface area (Å²) in [6, 6.07) is 0. The SMILES string of the molecule is C=CC(=O)COCCCCC(C)C. The van der Waals surface area contributed by atoms with Gasteiger partial charge in [-0.15, -0.1) is 0 Å². The minimum absolute atomic E-state index is 0.0381. The normalized spacial score (nSPS) is 10.4. The number of ketones is 1. The van der Waals surface area contributed by atoms with Gasteiger partial charge in [0.25, 0.3) is 0 Å². The largest absolute Gasteiger partial charge is 0.373 e. The molecule has 0 amide bonds. The summed E-state index contributed by atoms with van der Waals surface area (Å²) >= 11 is 0. The van der Waals surface area contributed by atoms with Gasteiger partial charge in [0.1, 0.15) is 6.61 Å². The molecule has 0 aliphatic carbocycles. The minimum atomic E-state index is -0.0381. The summed E-state index contributed by atoms with van der Waals surface area (Å²) in [5, 5.41) is 0. The van der Waals surface area contributed by atoms with Gasteiger partial charge in [0, 0.05) is 6.61 Å². The Hall–Kier alpha value is -0.630. The molecule has 0 bridgehead atoms. The first-order valence-corrected chi connectivity index (χ1v) is 4.89. The average Bonchev–Trinajstić information content (AvgIpc) is 2.10. The zero-order valence-electron chi connectivity index (χ0n) is 8.71. The van der Waals surface area contributed by atoms with Crippen LogP contribution in [-0.2, 0) is 9.53 Å². The Morgan fingerprint density at radius 3 is 2.69 bits per heavy atom. The van der Waals surface area contributed by atoms with E-state index in [1.807, 2.05) is 0 Å². The number of hydrogen-bond acceptors (Lipinski definition) is 2. The van der Waals surface area contributed by atoms with Crippen LogP contribution in [-0.4, -0.2) is 19.0 Å². The van der Waals surface area contributed by atoms with Crippen molar-refractivity contribution >= 4 is 5.78 Å². The number of carbonyl (C=O) groups excluding carboxylic acids is 1. The lowest BCUT2D eigenvalue weighted by Gasteiger charge is -2.04. The standard InChI is InChI=1S/C11H20O2/c1-4-11(12)9-13-8-6-5-7-10(2)3/h4,10H,1,5-9H2,2-3H3. The van der Waals surface area contributed by atoms with E-state index >= 15 is 0 Å². The Morgan fingerprint density at radius 1 is 1.46 bits per heavy atom. The summed E-state index contributed by atoms with van der Waals surface area (Å²) in [6.07, 6.45) is 4.76. The highest BCUT2D eigenvalue weighted by Crippen LogP contribution is 2.05. The third-order valence-electron chi connectivity index (χ3n) is 1.79. The molecule has 0 rings (SSSR count). The second kappa shape index (κ2) is 7.99. The van der Waals surface area contributed by atoms with Gasteiger partial charge in [-0.1, -0.05) is 33.3 Å². The second-order valence-electron chi connectivity index (χ2n) is 3.61. The van der Waals surface area contributed by atoms with Crippen molar-refractivity contribution in [3.63, 3.8) is 0 Å². The molecule has 0 aromatic heterocycles. The lowest BCUT2D eigenvalue weighted by molar-refractivity contribution is -0.118. The summed E-state index contributed by atoms with van der Waals surface area (Å²) in [5.74, 6) is 0.721. The molecular weight excluding hydrogens is 164 g/mol. The van der Waals surface area contributed by atoms with Crippen LogP contribution in [0.25, 0.3) is 0 Å². The molecule has 0 atom stereocenters. The molecule has 0 radical (unpaired) electrons. The van der Waals surface area contributed by atoms with Gasteiger partial charge in [0.15, 0.2) is 5.78 Å². The van der Waals surface area contributed by atoms with Crippen LogP contribution in [0.15, 0.2) is 12.7 Å². The van der Waals surface area contributed by atoms with Crippen molar-refractivity contribution in [2.24, 2.45) is 5.92 Å². The fraction of sp³-hybridized carbons (Fsp3) is 0.727. The molecule has 0 aliphatic rings. The van der Waals surface area contributed by atoms with Crippen molar-refractivity contribution in [2.75, 3.05) is 13.2 Å². The molecule has 0 heterocycles. The lowest BCUT2D eigenvalue weighted by atomic mass is 10.1. The molecule has 0 aromatic carbocycles. The smallest absolute Gasteiger partial charge is 0.180 e. The van der Waals surface area contributed by atoms with Crippen LogP contribution in [0.2, 0.25) is 0 Å². The molecule has 2 heteroatoms. The van der Waals surface area contributed by atoms with E-state index in [0.29, 0.717) is 6.61 Å². The molecule has 2 nitrogen and oxygen atoms in total. The summed E-state index contributed by atoms with van der Waals surface area (Å²) in [4.78, 5) is 10.7. The van der Waals surface area contributed by atoms with Gasteiger partial charge in [0.2, 0.25) is 0 Å². The predicted molar refractivity (Wildman–Crippen MR) is 54.7 cm³/mol. The fourth-order valence-electron chi connectivity index (χ4n) is 0.988. The monoisotopic (exact) mass is 184 g/mol. The maximum atomic E-state index is 10.7. The van der Waals surface area contributed by atoms with Gasteiger partial charge in [-0.3, -0.25) is 4.79 Å². The first-order chi connectivity index (χ1) is 6.16. The zero-order chi connectivity index (χ0) is 10.1. The highest BCUT2D eigenvalue weighted by molar-refractivity contribution is 5.90. The van der Waals surface area contributed by atoms with Crippen LogP contribution >= 0.6 is 0 Å². The number of hydrogen-bond donors (Lipinski definition) is 0. The highest BCUT2D eigenvalue weighted by Gasteiger charge is 1.96. The van der Waals surface area contributed by atoms with Crippen LogP contribution in [0, 0.1) is 5.92 Å². The molecule has 0 saturated heterocycles. The third-order valence-corrected chi connectivity index (χ3v) is 1.79. The van der Waals surface area contributed by atoms with Crippen molar-refractivity contribution < 1.29 is 9.53 Å². The van der Waals surface area contributed by atoms with Crippen LogP contribution in [0.5, 0.6) is 0 Å². The molecule has 0 unspecified atom stereocenters. The number of ether oxygens (including phenoxy) is 1. The highest BCUT2D eigenvalue weighted by atomic mass is 16.5. The van der Waals surface area contributed by atoms with Gasteiger partial charge in [-0.2, -0.15) is 0 Å². The van der Waals surface area contributed by atoms with E-state index in [9.17, 15) is 4.79 Å².